The molecule has 27 nitrogen and oxygen atoms in total. The average Bonchev–Trinajstić information content (AvgIpc) is 3.20. The molecule has 0 aromatic heterocycles. The molecule has 0 radical (unpaired) electrons. The Bertz CT molecular complexity index is 1730. The van der Waals surface area contributed by atoms with Crippen molar-refractivity contribution in [1.29, 1.82) is 0 Å². The van der Waals surface area contributed by atoms with Gasteiger partial charge < -0.3 is 80.2 Å². The highest BCUT2D eigenvalue weighted by Gasteiger charge is 2.36. The van der Waals surface area contributed by atoms with Gasteiger partial charge in [0, 0.05) is 12.8 Å². The highest BCUT2D eigenvalue weighted by Crippen LogP contribution is 2.09. The van der Waals surface area contributed by atoms with Crippen molar-refractivity contribution in [2.45, 2.75) is 134 Å². The number of primary amides is 2. The molecule has 0 bridgehead atoms. The lowest BCUT2D eigenvalue weighted by Gasteiger charge is -2.29. The van der Waals surface area contributed by atoms with Crippen molar-refractivity contribution < 1.29 is 78.0 Å². The molecule has 10 atom stereocenters. The van der Waals surface area contributed by atoms with Gasteiger partial charge >= 0.3 is 11.9 Å². The zero-order valence-electron chi connectivity index (χ0n) is 36.8. The second kappa shape index (κ2) is 29.3. The molecule has 10 amide bonds. The number of aliphatic hydroxyl groups is 2. The first-order valence-corrected chi connectivity index (χ1v) is 21.5. The third-order valence-corrected chi connectivity index (χ3v) is 9.79. The molecule has 0 aliphatic carbocycles. The van der Waals surface area contributed by atoms with E-state index in [9.17, 15) is 72.9 Å². The Morgan fingerprint density at radius 2 is 0.954 bits per heavy atom. The first-order chi connectivity index (χ1) is 30.2. The molecule has 10 unspecified atom stereocenters. The van der Waals surface area contributed by atoms with E-state index in [1.165, 1.54) is 39.5 Å². The number of hydrogen-bond donors (Lipinski definition) is 15. The summed E-state index contributed by atoms with van der Waals surface area (Å²) in [6.07, 6.45) is -2.65. The van der Waals surface area contributed by atoms with Gasteiger partial charge in [0.25, 0.3) is 0 Å². The lowest BCUT2D eigenvalue weighted by molar-refractivity contribution is -0.144. The molecule has 0 rings (SSSR count). The predicted molar refractivity (Wildman–Crippen MR) is 228 cm³/mol. The van der Waals surface area contributed by atoms with Crippen LogP contribution in [0.4, 0.5) is 0 Å². The number of carboxylic acids is 2. The zero-order chi connectivity index (χ0) is 50.3. The van der Waals surface area contributed by atoms with Crippen LogP contribution in [-0.4, -0.2) is 171 Å². The van der Waals surface area contributed by atoms with E-state index >= 15 is 0 Å². The maximum absolute atomic E-state index is 13.6. The van der Waals surface area contributed by atoms with E-state index in [-0.39, 0.29) is 18.6 Å². The van der Waals surface area contributed by atoms with Crippen molar-refractivity contribution >= 4 is 82.8 Å². The maximum atomic E-state index is 13.6. The monoisotopic (exact) mass is 949 g/mol. The number of aliphatic hydroxyl groups excluding tert-OH is 2. The Hall–Kier alpha value is -6.13. The summed E-state index contributed by atoms with van der Waals surface area (Å²) in [5, 5.41) is 57.0. The van der Waals surface area contributed by atoms with Gasteiger partial charge in [0.05, 0.1) is 25.2 Å². The summed E-state index contributed by atoms with van der Waals surface area (Å²) >= 11 is 1.28. The third kappa shape index (κ3) is 22.4. The number of nitrogens with one attached hydrogen (secondary N) is 8. The Morgan fingerprint density at radius 1 is 0.523 bits per heavy atom. The smallest absolute Gasteiger partial charge is 0.326 e. The summed E-state index contributed by atoms with van der Waals surface area (Å²) in [5.41, 5.74) is 15.8. The van der Waals surface area contributed by atoms with Gasteiger partial charge in [-0.3, -0.25) is 52.7 Å². The molecular formula is C37H63N11O16S. The Kier molecular flexibility index (Phi) is 26.6. The normalized spacial score (nSPS) is 15.6. The summed E-state index contributed by atoms with van der Waals surface area (Å²) < 4.78 is 0. The summed E-state index contributed by atoms with van der Waals surface area (Å²) in [6, 6.07) is -13.8. The summed E-state index contributed by atoms with van der Waals surface area (Å²) in [6.45, 7) is 5.52. The molecule has 0 aromatic carbocycles. The van der Waals surface area contributed by atoms with Crippen LogP contribution in [0.3, 0.4) is 0 Å². The zero-order valence-corrected chi connectivity index (χ0v) is 37.7. The molecule has 28 heteroatoms. The average molecular weight is 950 g/mol. The van der Waals surface area contributed by atoms with E-state index < -0.39 is 170 Å². The second-order valence-corrected chi connectivity index (χ2v) is 16.2. The molecule has 0 spiro atoms. The quantitative estimate of drug-likeness (QED) is 0.0307. The van der Waals surface area contributed by atoms with E-state index in [4.69, 9.17) is 22.3 Å². The minimum atomic E-state index is -1.82. The molecule has 0 aliphatic rings. The van der Waals surface area contributed by atoms with Crippen LogP contribution in [0.2, 0.25) is 0 Å². The molecular weight excluding hydrogens is 887 g/mol. The molecule has 65 heavy (non-hydrogen) atoms. The Morgan fingerprint density at radius 3 is 1.42 bits per heavy atom. The van der Waals surface area contributed by atoms with Crippen molar-refractivity contribution in [3.63, 3.8) is 0 Å². The third-order valence-electron chi connectivity index (χ3n) is 9.15. The van der Waals surface area contributed by atoms with Crippen LogP contribution >= 0.6 is 11.8 Å². The van der Waals surface area contributed by atoms with Gasteiger partial charge in [-0.15, -0.1) is 0 Å². The standard InChI is InChI=1S/C37H63N11O16S/c1-15(2)27(35(61)48-28(18(5)50)36(62)45-22(37(63)64)13-25(40)52)47-33(59)19(7-9-24(39)51)44-34(60)23(14-49)46-32(58)21(11-12-65-6)43-30(56)17(4)41-31(57)20(8-10-26(53)54)42-29(55)16(3)38/h15-23,27-28,49-50H,7-14,38H2,1-6H3,(H2,39,51)(H2,40,52)(H,41,57)(H,42,55)(H,43,56)(H,44,60)(H,45,62)(H,46,58)(H,47,59)(H,48,61)(H,53,54)(H,63,64). The Balaban J connectivity index is 6.19. The minimum absolute atomic E-state index is 0.0434. The van der Waals surface area contributed by atoms with Crippen LogP contribution in [0, 0.1) is 5.92 Å². The number of nitrogens with two attached hydrogens (primary N) is 3. The first-order valence-electron chi connectivity index (χ1n) is 20.1. The van der Waals surface area contributed by atoms with Gasteiger partial charge in [-0.1, -0.05) is 13.8 Å². The number of hydrogen-bond acceptors (Lipinski definition) is 16. The summed E-state index contributed by atoms with van der Waals surface area (Å²) in [7, 11) is 0. The number of thioether (sulfide) groups is 1. The van der Waals surface area contributed by atoms with Crippen molar-refractivity contribution in [3.8, 4) is 0 Å². The van der Waals surface area contributed by atoms with E-state index in [0.717, 1.165) is 6.92 Å². The van der Waals surface area contributed by atoms with Crippen molar-refractivity contribution in [3.05, 3.63) is 0 Å². The second-order valence-electron chi connectivity index (χ2n) is 15.2. The van der Waals surface area contributed by atoms with Gasteiger partial charge in [0.15, 0.2) is 0 Å². The van der Waals surface area contributed by atoms with E-state index in [1.54, 1.807) is 6.26 Å². The molecule has 0 aliphatic heterocycles. The lowest BCUT2D eigenvalue weighted by atomic mass is 10.0. The van der Waals surface area contributed by atoms with Crippen molar-refractivity contribution in [2.75, 3.05) is 18.6 Å². The molecule has 0 saturated heterocycles. The number of aliphatic carboxylic acids is 2. The number of carbonyl (C=O) groups excluding carboxylic acids is 10. The van der Waals surface area contributed by atoms with E-state index in [0.29, 0.717) is 0 Å². The maximum Gasteiger partial charge on any atom is 0.326 e. The lowest BCUT2D eigenvalue weighted by Crippen LogP contribution is -2.62. The van der Waals surface area contributed by atoms with Crippen LogP contribution < -0.4 is 59.7 Å². The minimum Gasteiger partial charge on any atom is -0.481 e. The van der Waals surface area contributed by atoms with Crippen molar-refractivity contribution in [1.82, 2.24) is 42.5 Å². The molecule has 368 valence electrons. The molecule has 0 aromatic rings. The summed E-state index contributed by atoms with van der Waals surface area (Å²) in [4.78, 5) is 151. The van der Waals surface area contributed by atoms with E-state index in [2.05, 4.69) is 37.2 Å². The number of carboxylic acid groups (broad SMARTS) is 2. The molecule has 18 N–H and O–H groups in total. The molecule has 0 saturated carbocycles. The first kappa shape index (κ1) is 58.9. The predicted octanol–water partition coefficient (Wildman–Crippen LogP) is -6.90. The van der Waals surface area contributed by atoms with Crippen LogP contribution in [0.5, 0.6) is 0 Å². The number of rotatable bonds is 31. The summed E-state index contributed by atoms with van der Waals surface area (Å²) in [5.74, 6) is -13.6. The number of carbonyl (C=O) groups is 12. The fraction of sp³-hybridized carbons (Fsp3) is 0.676. The van der Waals surface area contributed by atoms with Crippen LogP contribution in [0.15, 0.2) is 0 Å². The topological polar surface area (TPSA) is 460 Å². The fourth-order valence-electron chi connectivity index (χ4n) is 5.41. The van der Waals surface area contributed by atoms with Gasteiger partial charge in [-0.25, -0.2) is 4.79 Å². The van der Waals surface area contributed by atoms with Gasteiger partial charge in [0.1, 0.15) is 48.3 Å². The highest BCUT2D eigenvalue weighted by atomic mass is 32.2. The highest BCUT2D eigenvalue weighted by molar-refractivity contribution is 7.98. The number of amides is 10. The van der Waals surface area contributed by atoms with Crippen LogP contribution in [0.1, 0.15) is 73.1 Å². The van der Waals surface area contributed by atoms with Crippen LogP contribution in [0.25, 0.3) is 0 Å². The molecule has 0 fully saturated rings. The molecule has 0 heterocycles. The van der Waals surface area contributed by atoms with Gasteiger partial charge in [0.2, 0.25) is 59.1 Å². The SMILES string of the molecule is CSCCC(NC(=O)C(C)NC(=O)C(CCC(=O)O)NC(=O)C(C)N)C(=O)NC(CO)C(=O)NC(CCC(N)=O)C(=O)NC(C(=O)NC(C(=O)NC(CC(N)=O)C(=O)O)C(C)O)C(C)C. The largest absolute Gasteiger partial charge is 0.481 e. The van der Waals surface area contributed by atoms with E-state index in [1.807, 2.05) is 5.32 Å². The van der Waals surface area contributed by atoms with Crippen molar-refractivity contribution in [2.24, 2.45) is 23.1 Å². The Labute approximate surface area is 378 Å². The van der Waals surface area contributed by atoms with Gasteiger partial charge in [-0.05, 0) is 58.0 Å². The van der Waals surface area contributed by atoms with Gasteiger partial charge in [-0.2, -0.15) is 11.8 Å². The van der Waals surface area contributed by atoms with Crippen LogP contribution in [-0.2, 0) is 57.5 Å². The fourth-order valence-corrected chi connectivity index (χ4v) is 5.89.